The van der Waals surface area contributed by atoms with E-state index in [1.165, 1.54) is 0 Å². The quantitative estimate of drug-likeness (QED) is 0.398. The molecule has 0 aromatic heterocycles. The normalized spacial score (nSPS) is 22.2. The van der Waals surface area contributed by atoms with Crippen LogP contribution in [0.3, 0.4) is 0 Å². The number of nitrogens with zero attached hydrogens (tertiary/aromatic N) is 1. The van der Waals surface area contributed by atoms with Gasteiger partial charge in [0, 0.05) is 13.1 Å². The fraction of sp³-hybridized carbons (Fsp3) is 0.526. The highest BCUT2D eigenvalue weighted by atomic mass is 16.4. The molecule has 0 radical (unpaired) electrons. The summed E-state index contributed by atoms with van der Waals surface area (Å²) in [6.45, 7) is 6.17. The summed E-state index contributed by atoms with van der Waals surface area (Å²) in [5.41, 5.74) is 6.57. The molecule has 1 amide bonds. The summed E-state index contributed by atoms with van der Waals surface area (Å²) in [4.78, 5) is 34.2. The zero-order valence-electron chi connectivity index (χ0n) is 16.0. The second-order valence-electron chi connectivity index (χ2n) is 6.52. The Kier molecular flexibility index (Phi) is 8.55. The Bertz CT molecular complexity index is 660. The molecule has 0 aliphatic heterocycles. The van der Waals surface area contributed by atoms with Gasteiger partial charge < -0.3 is 31.1 Å². The van der Waals surface area contributed by atoms with Crippen LogP contribution in [0.4, 0.5) is 0 Å². The Hall–Kier alpha value is -2.49. The largest absolute Gasteiger partial charge is 0.479 e. The summed E-state index contributed by atoms with van der Waals surface area (Å²) in [5.74, 6) is -2.99. The van der Waals surface area contributed by atoms with Gasteiger partial charge in [-0.15, -0.1) is 0 Å². The molecule has 1 saturated carbocycles. The van der Waals surface area contributed by atoms with Crippen LogP contribution >= 0.6 is 0 Å². The lowest BCUT2D eigenvalue weighted by Gasteiger charge is -2.26. The third-order valence-electron chi connectivity index (χ3n) is 4.92. The lowest BCUT2D eigenvalue weighted by molar-refractivity contribution is -0.165. The Morgan fingerprint density at radius 3 is 1.86 bits per heavy atom. The van der Waals surface area contributed by atoms with Crippen LogP contribution in [-0.2, 0) is 19.8 Å². The van der Waals surface area contributed by atoms with E-state index in [9.17, 15) is 14.4 Å². The summed E-state index contributed by atoms with van der Waals surface area (Å²) < 4.78 is 0. The number of aliphatic hydroxyl groups excluding tert-OH is 2. The molecule has 28 heavy (non-hydrogen) atoms. The second-order valence-corrected chi connectivity index (χ2v) is 6.52. The number of hydrogen-bond acceptors (Lipinski definition) is 6. The van der Waals surface area contributed by atoms with Crippen molar-refractivity contribution >= 4 is 17.8 Å². The van der Waals surface area contributed by atoms with Crippen molar-refractivity contribution in [1.82, 2.24) is 4.90 Å². The topological polar surface area (TPSA) is 161 Å². The lowest BCUT2D eigenvalue weighted by atomic mass is 9.91. The summed E-state index contributed by atoms with van der Waals surface area (Å²) in [5, 5.41) is 32.5. The van der Waals surface area contributed by atoms with Crippen LogP contribution < -0.4 is 5.73 Å². The van der Waals surface area contributed by atoms with E-state index in [1.54, 1.807) is 0 Å². The predicted octanol–water partition coefficient (Wildman–Crippen LogP) is -0.351. The van der Waals surface area contributed by atoms with E-state index in [-0.39, 0.29) is 11.3 Å². The molecule has 2 unspecified atom stereocenters. The Morgan fingerprint density at radius 2 is 1.54 bits per heavy atom. The molecule has 0 bridgehead atoms. The molecule has 0 heterocycles. The predicted molar refractivity (Wildman–Crippen MR) is 100 cm³/mol. The maximum atomic E-state index is 12.7. The summed E-state index contributed by atoms with van der Waals surface area (Å²) >= 11 is 0. The number of amides is 1. The number of aliphatic hydroxyl groups is 2. The van der Waals surface area contributed by atoms with Crippen molar-refractivity contribution in [3.63, 3.8) is 0 Å². The molecule has 1 aromatic rings. The molecular weight excluding hydrogens is 368 g/mol. The molecule has 2 rings (SSSR count). The van der Waals surface area contributed by atoms with Crippen molar-refractivity contribution in [3.8, 4) is 0 Å². The zero-order chi connectivity index (χ0) is 21.5. The molecule has 1 aliphatic rings. The van der Waals surface area contributed by atoms with Crippen LogP contribution in [0.2, 0.25) is 0 Å². The molecule has 1 fully saturated rings. The first-order chi connectivity index (χ1) is 13.2. The van der Waals surface area contributed by atoms with E-state index in [2.05, 4.69) is 12.1 Å². The van der Waals surface area contributed by atoms with E-state index < -0.39 is 24.1 Å². The molecule has 1 aromatic carbocycles. The maximum absolute atomic E-state index is 12.7. The van der Waals surface area contributed by atoms with Gasteiger partial charge in [-0.3, -0.25) is 4.79 Å². The molecule has 0 saturated heterocycles. The van der Waals surface area contributed by atoms with Gasteiger partial charge in [-0.25, -0.2) is 9.59 Å². The van der Waals surface area contributed by atoms with Crippen LogP contribution in [0, 0.1) is 5.92 Å². The van der Waals surface area contributed by atoms with Crippen LogP contribution in [0.5, 0.6) is 0 Å². The minimum absolute atomic E-state index is 0.245. The Balaban J connectivity index is 0.000000336. The molecule has 0 spiro atoms. The van der Waals surface area contributed by atoms with Gasteiger partial charge >= 0.3 is 11.9 Å². The van der Waals surface area contributed by atoms with E-state index in [0.717, 1.165) is 25.1 Å². The van der Waals surface area contributed by atoms with Crippen LogP contribution in [-0.4, -0.2) is 75.0 Å². The molecular formula is C19H28N2O7. The minimum Gasteiger partial charge on any atom is -0.479 e. The number of rotatable bonds is 8. The second kappa shape index (κ2) is 10.2. The standard InChI is InChI=1S/C15H22N2O.C4H6O6/c1-3-17(4-2)14(18)15(10-13(15)11-16)12-8-6-5-7-9-12;5-1(3(7)8)2(6)4(9)10/h5-9,13H,3-4,10-11,16H2,1-2H3;1-2,5-6H,(H,7,8)(H,9,10)/t13-,15+;/m1./s1. The molecule has 9 nitrogen and oxygen atoms in total. The molecule has 156 valence electrons. The van der Waals surface area contributed by atoms with Gasteiger partial charge in [0.15, 0.2) is 12.2 Å². The average molecular weight is 396 g/mol. The first kappa shape index (κ1) is 23.5. The first-order valence-electron chi connectivity index (χ1n) is 9.03. The zero-order valence-corrected chi connectivity index (χ0v) is 16.0. The number of carboxylic acid groups (broad SMARTS) is 2. The van der Waals surface area contributed by atoms with Crippen molar-refractivity contribution in [3.05, 3.63) is 35.9 Å². The summed E-state index contributed by atoms with van der Waals surface area (Å²) in [6.07, 6.45) is -3.64. The van der Waals surface area contributed by atoms with Gasteiger partial charge in [-0.05, 0) is 38.3 Å². The first-order valence-corrected chi connectivity index (χ1v) is 9.03. The van der Waals surface area contributed by atoms with Crippen molar-refractivity contribution in [2.75, 3.05) is 19.6 Å². The van der Waals surface area contributed by atoms with Gasteiger partial charge in [-0.1, -0.05) is 30.3 Å². The summed E-state index contributed by atoms with van der Waals surface area (Å²) in [7, 11) is 0. The molecule has 6 N–H and O–H groups in total. The third-order valence-corrected chi connectivity index (χ3v) is 4.92. The monoisotopic (exact) mass is 396 g/mol. The smallest absolute Gasteiger partial charge is 0.335 e. The number of hydrogen-bond donors (Lipinski definition) is 5. The number of nitrogens with two attached hydrogens (primary N) is 1. The fourth-order valence-electron chi connectivity index (χ4n) is 3.15. The lowest BCUT2D eigenvalue weighted by Crippen LogP contribution is -2.40. The van der Waals surface area contributed by atoms with Gasteiger partial charge in [0.05, 0.1) is 5.41 Å². The Morgan fingerprint density at radius 1 is 1.07 bits per heavy atom. The van der Waals surface area contributed by atoms with E-state index in [0.29, 0.717) is 12.5 Å². The van der Waals surface area contributed by atoms with E-state index in [4.69, 9.17) is 26.2 Å². The molecule has 4 atom stereocenters. The third kappa shape index (κ3) is 5.06. The van der Waals surface area contributed by atoms with Crippen molar-refractivity contribution < 1.29 is 34.8 Å². The van der Waals surface area contributed by atoms with Crippen LogP contribution in [0.15, 0.2) is 30.3 Å². The summed E-state index contributed by atoms with van der Waals surface area (Å²) in [6, 6.07) is 10.1. The number of benzene rings is 1. The fourth-order valence-corrected chi connectivity index (χ4v) is 3.15. The number of carbonyl (C=O) groups is 3. The highest BCUT2D eigenvalue weighted by Gasteiger charge is 2.61. The number of likely N-dealkylation sites (N-methyl/N-ethyl adjacent to an activating group) is 1. The van der Waals surface area contributed by atoms with Crippen molar-refractivity contribution in [2.45, 2.75) is 37.9 Å². The van der Waals surface area contributed by atoms with Crippen molar-refractivity contribution in [2.24, 2.45) is 11.7 Å². The van der Waals surface area contributed by atoms with Crippen molar-refractivity contribution in [1.29, 1.82) is 0 Å². The van der Waals surface area contributed by atoms with Gasteiger partial charge in [-0.2, -0.15) is 0 Å². The Labute approximate surface area is 163 Å². The molecule has 9 heteroatoms. The SMILES string of the molecule is CCN(CC)C(=O)[C@]1(c2ccccc2)C[C@@H]1CN.O=C(O)C(O)C(O)C(=O)O. The van der Waals surface area contributed by atoms with Gasteiger partial charge in [0.2, 0.25) is 5.91 Å². The van der Waals surface area contributed by atoms with Gasteiger partial charge in [0.1, 0.15) is 0 Å². The minimum atomic E-state index is -2.27. The van der Waals surface area contributed by atoms with Crippen LogP contribution in [0.1, 0.15) is 25.8 Å². The number of carboxylic acids is 2. The molecule has 1 aliphatic carbocycles. The number of aliphatic carboxylic acids is 2. The number of carbonyl (C=O) groups excluding carboxylic acids is 1. The van der Waals surface area contributed by atoms with E-state index >= 15 is 0 Å². The van der Waals surface area contributed by atoms with Gasteiger partial charge in [0.25, 0.3) is 0 Å². The highest BCUT2D eigenvalue weighted by Crippen LogP contribution is 2.54. The average Bonchev–Trinajstić information content (AvgIpc) is 3.44. The van der Waals surface area contributed by atoms with E-state index in [1.807, 2.05) is 36.9 Å². The van der Waals surface area contributed by atoms with Crippen LogP contribution in [0.25, 0.3) is 0 Å². The maximum Gasteiger partial charge on any atom is 0.335 e. The highest BCUT2D eigenvalue weighted by molar-refractivity contribution is 5.92.